The molecule has 0 aliphatic heterocycles. The number of hydrogen-bond donors (Lipinski definition) is 1. The number of carbonyl (C=O) groups is 2. The average Bonchev–Trinajstić information content (AvgIpc) is 3.24. The van der Waals surface area contributed by atoms with Gasteiger partial charge in [0.1, 0.15) is 5.75 Å². The van der Waals surface area contributed by atoms with Crippen LogP contribution in [0.2, 0.25) is 0 Å². The van der Waals surface area contributed by atoms with Gasteiger partial charge in [-0.3, -0.25) is 4.79 Å². The summed E-state index contributed by atoms with van der Waals surface area (Å²) in [6.45, 7) is 5.34. The number of esters is 1. The van der Waals surface area contributed by atoms with Crippen LogP contribution in [0.3, 0.4) is 0 Å². The van der Waals surface area contributed by atoms with E-state index < -0.39 is 12.1 Å². The molecular weight excluding hydrogens is 270 g/mol. The Morgan fingerprint density at radius 1 is 1.29 bits per heavy atom. The van der Waals surface area contributed by atoms with Crippen molar-refractivity contribution in [3.8, 4) is 5.75 Å². The van der Waals surface area contributed by atoms with Crippen molar-refractivity contribution in [1.29, 1.82) is 0 Å². The zero-order valence-electron chi connectivity index (χ0n) is 12.6. The maximum atomic E-state index is 11.7. The first-order chi connectivity index (χ1) is 9.95. The van der Waals surface area contributed by atoms with E-state index in [-0.39, 0.29) is 18.6 Å². The zero-order valence-corrected chi connectivity index (χ0v) is 12.6. The molecule has 21 heavy (non-hydrogen) atoms. The van der Waals surface area contributed by atoms with Gasteiger partial charge in [0.05, 0.1) is 0 Å². The van der Waals surface area contributed by atoms with Crippen molar-refractivity contribution >= 4 is 11.9 Å². The fourth-order valence-corrected chi connectivity index (χ4v) is 1.78. The summed E-state index contributed by atoms with van der Waals surface area (Å²) in [7, 11) is 0. The van der Waals surface area contributed by atoms with Gasteiger partial charge in [0, 0.05) is 6.04 Å². The number of carbonyl (C=O) groups excluding carboxylic acids is 2. The lowest BCUT2D eigenvalue weighted by Gasteiger charge is -2.13. The van der Waals surface area contributed by atoms with Crippen LogP contribution in [0.5, 0.6) is 5.75 Å². The summed E-state index contributed by atoms with van der Waals surface area (Å²) >= 11 is 0. The minimum absolute atomic E-state index is 0.205. The minimum Gasteiger partial charge on any atom is -0.482 e. The lowest BCUT2D eigenvalue weighted by atomic mass is 10.1. The Labute approximate surface area is 124 Å². The molecule has 0 radical (unpaired) electrons. The van der Waals surface area contributed by atoms with Gasteiger partial charge in [0.2, 0.25) is 0 Å². The lowest BCUT2D eigenvalue weighted by Crippen LogP contribution is -2.37. The van der Waals surface area contributed by atoms with Crippen molar-refractivity contribution in [2.45, 2.75) is 45.8 Å². The Morgan fingerprint density at radius 3 is 2.62 bits per heavy atom. The monoisotopic (exact) mass is 291 g/mol. The minimum atomic E-state index is -0.790. The summed E-state index contributed by atoms with van der Waals surface area (Å²) in [5.41, 5.74) is 2.26. The summed E-state index contributed by atoms with van der Waals surface area (Å²) in [6, 6.07) is 5.86. The fourth-order valence-electron chi connectivity index (χ4n) is 1.78. The maximum Gasteiger partial charge on any atom is 0.344 e. The summed E-state index contributed by atoms with van der Waals surface area (Å²) in [6.07, 6.45) is 1.21. The van der Waals surface area contributed by atoms with E-state index in [9.17, 15) is 9.59 Å². The Hall–Kier alpha value is -2.04. The first-order valence-corrected chi connectivity index (χ1v) is 7.15. The van der Waals surface area contributed by atoms with E-state index in [2.05, 4.69) is 5.32 Å². The predicted octanol–water partition coefficient (Wildman–Crippen LogP) is 1.89. The van der Waals surface area contributed by atoms with Gasteiger partial charge in [-0.1, -0.05) is 6.07 Å². The number of benzene rings is 1. The van der Waals surface area contributed by atoms with Crippen LogP contribution in [0.15, 0.2) is 18.2 Å². The van der Waals surface area contributed by atoms with E-state index in [1.807, 2.05) is 26.0 Å². The molecule has 0 heterocycles. The van der Waals surface area contributed by atoms with Crippen molar-refractivity contribution < 1.29 is 19.1 Å². The van der Waals surface area contributed by atoms with Crippen LogP contribution in [0.4, 0.5) is 0 Å². The number of rotatable bonds is 6. The van der Waals surface area contributed by atoms with Crippen LogP contribution < -0.4 is 10.1 Å². The molecule has 114 valence electrons. The molecule has 0 saturated heterocycles. The van der Waals surface area contributed by atoms with Crippen molar-refractivity contribution in [2.24, 2.45) is 0 Å². The highest BCUT2D eigenvalue weighted by molar-refractivity contribution is 5.84. The fraction of sp³-hybridized carbons (Fsp3) is 0.500. The Bertz CT molecular complexity index is 537. The summed E-state index contributed by atoms with van der Waals surface area (Å²) in [4.78, 5) is 23.3. The van der Waals surface area contributed by atoms with Crippen molar-refractivity contribution in [2.75, 3.05) is 6.61 Å². The molecule has 1 atom stereocenters. The second kappa shape index (κ2) is 6.61. The topological polar surface area (TPSA) is 64.6 Å². The SMILES string of the molecule is Cc1ccc(OCC(=O)O[C@H](C)C(=O)NC2CC2)cc1C. The number of ether oxygens (including phenoxy) is 2. The predicted molar refractivity (Wildman–Crippen MR) is 78.1 cm³/mol. The maximum absolute atomic E-state index is 11.7. The lowest BCUT2D eigenvalue weighted by molar-refractivity contribution is -0.156. The van der Waals surface area contributed by atoms with Gasteiger partial charge in [-0.15, -0.1) is 0 Å². The smallest absolute Gasteiger partial charge is 0.344 e. The molecule has 1 aliphatic carbocycles. The highest BCUT2D eigenvalue weighted by Gasteiger charge is 2.27. The molecule has 1 aliphatic rings. The van der Waals surface area contributed by atoms with E-state index in [0.29, 0.717) is 5.75 Å². The summed E-state index contributed by atoms with van der Waals surface area (Å²) in [5.74, 6) is -0.186. The van der Waals surface area contributed by atoms with E-state index in [1.165, 1.54) is 0 Å². The Morgan fingerprint density at radius 2 is 2.00 bits per heavy atom. The van der Waals surface area contributed by atoms with Crippen LogP contribution >= 0.6 is 0 Å². The summed E-state index contributed by atoms with van der Waals surface area (Å²) < 4.78 is 10.4. The molecule has 0 bridgehead atoms. The number of nitrogens with one attached hydrogen (secondary N) is 1. The van der Waals surface area contributed by atoms with Crippen LogP contribution in [0, 0.1) is 13.8 Å². The molecule has 1 aromatic carbocycles. The largest absolute Gasteiger partial charge is 0.482 e. The quantitative estimate of drug-likeness (QED) is 0.813. The van der Waals surface area contributed by atoms with Gasteiger partial charge in [0.25, 0.3) is 5.91 Å². The highest BCUT2D eigenvalue weighted by atomic mass is 16.6. The molecule has 1 saturated carbocycles. The molecule has 0 unspecified atom stereocenters. The van der Waals surface area contributed by atoms with Crippen LogP contribution in [0.25, 0.3) is 0 Å². The molecule has 5 nitrogen and oxygen atoms in total. The second-order valence-corrected chi connectivity index (χ2v) is 5.45. The molecular formula is C16H21NO4. The third kappa shape index (κ3) is 4.77. The molecule has 1 fully saturated rings. The normalized spacial score (nSPS) is 15.2. The van der Waals surface area contributed by atoms with E-state index in [1.54, 1.807) is 13.0 Å². The zero-order chi connectivity index (χ0) is 15.4. The number of aryl methyl sites for hydroxylation is 2. The average molecular weight is 291 g/mol. The molecule has 1 aromatic rings. The van der Waals surface area contributed by atoms with Crippen LogP contribution in [-0.4, -0.2) is 30.6 Å². The van der Waals surface area contributed by atoms with Crippen molar-refractivity contribution in [3.63, 3.8) is 0 Å². The molecule has 1 N–H and O–H groups in total. The van der Waals surface area contributed by atoms with E-state index in [4.69, 9.17) is 9.47 Å². The van der Waals surface area contributed by atoms with Crippen molar-refractivity contribution in [1.82, 2.24) is 5.32 Å². The highest BCUT2D eigenvalue weighted by Crippen LogP contribution is 2.19. The van der Waals surface area contributed by atoms with Crippen LogP contribution in [-0.2, 0) is 14.3 Å². The molecule has 0 spiro atoms. The van der Waals surface area contributed by atoms with E-state index in [0.717, 1.165) is 24.0 Å². The third-order valence-electron chi connectivity index (χ3n) is 3.44. The number of hydrogen-bond acceptors (Lipinski definition) is 4. The van der Waals surface area contributed by atoms with E-state index >= 15 is 0 Å². The van der Waals surface area contributed by atoms with Gasteiger partial charge >= 0.3 is 5.97 Å². The van der Waals surface area contributed by atoms with Gasteiger partial charge in [0.15, 0.2) is 12.7 Å². The standard InChI is InChI=1S/C16H21NO4/c1-10-4-7-14(8-11(10)2)20-9-15(18)21-12(3)16(19)17-13-5-6-13/h4,7-8,12-13H,5-6,9H2,1-3H3,(H,17,19)/t12-/m1/s1. The second-order valence-electron chi connectivity index (χ2n) is 5.45. The first-order valence-electron chi connectivity index (χ1n) is 7.15. The van der Waals surface area contributed by atoms with Gasteiger partial charge in [-0.25, -0.2) is 4.79 Å². The molecule has 5 heteroatoms. The van der Waals surface area contributed by atoms with Crippen molar-refractivity contribution in [3.05, 3.63) is 29.3 Å². The van der Waals surface area contributed by atoms with Gasteiger partial charge in [-0.2, -0.15) is 0 Å². The molecule has 0 aromatic heterocycles. The Balaban J connectivity index is 1.75. The van der Waals surface area contributed by atoms with Gasteiger partial charge in [-0.05, 0) is 56.9 Å². The molecule has 2 rings (SSSR count). The first kappa shape index (κ1) is 15.4. The Kier molecular flexibility index (Phi) is 4.83. The molecule has 1 amide bonds. The summed E-state index contributed by atoms with van der Waals surface area (Å²) in [5, 5.41) is 2.79. The third-order valence-corrected chi connectivity index (χ3v) is 3.44. The van der Waals surface area contributed by atoms with Crippen LogP contribution in [0.1, 0.15) is 30.9 Å². The van der Waals surface area contributed by atoms with Gasteiger partial charge < -0.3 is 14.8 Å². The number of amides is 1.